The molecular weight excluding hydrogens is 394 g/mol. The molecule has 1 aromatic carbocycles. The number of nitrogens with one attached hydrogen (secondary N) is 2. The molecule has 0 radical (unpaired) electrons. The second-order valence-electron chi connectivity index (χ2n) is 7.88. The Balaban J connectivity index is 2.16. The van der Waals surface area contributed by atoms with Crippen molar-refractivity contribution in [2.75, 3.05) is 32.8 Å². The van der Waals surface area contributed by atoms with Gasteiger partial charge >= 0.3 is 0 Å². The quantitative estimate of drug-likeness (QED) is 0.652. The minimum Gasteiger partial charge on any atom is -0.379 e. The van der Waals surface area contributed by atoms with Crippen LogP contribution in [0.5, 0.6) is 0 Å². The van der Waals surface area contributed by atoms with Gasteiger partial charge in [0, 0.05) is 25.2 Å². The van der Waals surface area contributed by atoms with E-state index < -0.39 is 22.0 Å². The Morgan fingerprint density at radius 3 is 2.38 bits per heavy atom. The van der Waals surface area contributed by atoms with Crippen molar-refractivity contribution >= 4 is 21.8 Å². The van der Waals surface area contributed by atoms with E-state index in [4.69, 9.17) is 4.74 Å². The first kappa shape index (κ1) is 23.3. The molecule has 0 spiro atoms. The molecule has 2 amide bonds. The van der Waals surface area contributed by atoms with Gasteiger partial charge in [-0.05, 0) is 30.0 Å². The first-order valence-corrected chi connectivity index (χ1v) is 11.3. The smallest absolute Gasteiger partial charge is 0.251 e. The molecule has 0 bridgehead atoms. The molecule has 0 aliphatic carbocycles. The molecule has 0 aromatic heterocycles. The lowest BCUT2D eigenvalue weighted by molar-refractivity contribution is -0.124. The summed E-state index contributed by atoms with van der Waals surface area (Å²) in [5.41, 5.74) is 0.196. The van der Waals surface area contributed by atoms with E-state index in [0.717, 1.165) is 0 Å². The number of morpholine rings is 1. The summed E-state index contributed by atoms with van der Waals surface area (Å²) >= 11 is 0. The summed E-state index contributed by atoms with van der Waals surface area (Å²) in [6.07, 6.45) is 0. The van der Waals surface area contributed by atoms with Crippen molar-refractivity contribution in [3.8, 4) is 0 Å². The van der Waals surface area contributed by atoms with Gasteiger partial charge in [0.1, 0.15) is 6.04 Å². The van der Waals surface area contributed by atoms with E-state index in [-0.39, 0.29) is 35.4 Å². The van der Waals surface area contributed by atoms with Crippen molar-refractivity contribution in [3.63, 3.8) is 0 Å². The highest BCUT2D eigenvalue weighted by Crippen LogP contribution is 2.18. The maximum Gasteiger partial charge on any atom is 0.251 e. The van der Waals surface area contributed by atoms with Gasteiger partial charge in [0.2, 0.25) is 15.9 Å². The van der Waals surface area contributed by atoms with Crippen LogP contribution in [0.25, 0.3) is 0 Å². The minimum absolute atomic E-state index is 0.0532. The lowest BCUT2D eigenvalue weighted by atomic mass is 10.0. The van der Waals surface area contributed by atoms with Crippen LogP contribution in [-0.4, -0.2) is 63.4 Å². The lowest BCUT2D eigenvalue weighted by Crippen LogP contribution is -2.50. The van der Waals surface area contributed by atoms with Gasteiger partial charge in [0.15, 0.2) is 0 Å². The van der Waals surface area contributed by atoms with Crippen LogP contribution in [0, 0.1) is 11.8 Å². The predicted molar refractivity (Wildman–Crippen MR) is 110 cm³/mol. The fourth-order valence-corrected chi connectivity index (χ4v) is 4.36. The summed E-state index contributed by atoms with van der Waals surface area (Å²) in [7, 11) is -3.70. The average Bonchev–Trinajstić information content (AvgIpc) is 2.70. The number of ether oxygens (including phenoxy) is 1. The maximum absolute atomic E-state index is 12.8. The number of carbonyl (C=O) groups is 2. The highest BCUT2D eigenvalue weighted by Gasteiger charge is 2.28. The lowest BCUT2D eigenvalue weighted by Gasteiger charge is -2.26. The van der Waals surface area contributed by atoms with Crippen LogP contribution in [-0.2, 0) is 19.6 Å². The molecule has 29 heavy (non-hydrogen) atoms. The van der Waals surface area contributed by atoms with Gasteiger partial charge in [-0.15, -0.1) is 0 Å². The summed E-state index contributed by atoms with van der Waals surface area (Å²) in [4.78, 5) is 25.2. The largest absolute Gasteiger partial charge is 0.379 e. The third-order valence-corrected chi connectivity index (χ3v) is 6.52. The first-order valence-electron chi connectivity index (χ1n) is 9.89. The number of carbonyl (C=O) groups excluding carboxylic acids is 2. The van der Waals surface area contributed by atoms with Gasteiger partial charge < -0.3 is 15.4 Å². The third kappa shape index (κ3) is 6.25. The van der Waals surface area contributed by atoms with Crippen molar-refractivity contribution in [2.24, 2.45) is 11.8 Å². The normalized spacial score (nSPS) is 16.6. The van der Waals surface area contributed by atoms with Crippen molar-refractivity contribution in [1.82, 2.24) is 14.9 Å². The standard InChI is InChI=1S/C20H31N3O5S/c1-14(2)13-21-20(25)18(15(3)4)22-19(24)16-6-5-7-17(12-16)29(26,27)23-8-10-28-11-9-23/h5-7,12,14-15,18H,8-11,13H2,1-4H3,(H,21,25)(H,22,24)/t18-/m0/s1. The first-order chi connectivity index (χ1) is 13.6. The zero-order valence-corrected chi connectivity index (χ0v) is 18.3. The maximum atomic E-state index is 12.8. The van der Waals surface area contributed by atoms with Gasteiger partial charge in [0.05, 0.1) is 18.1 Å². The second-order valence-corrected chi connectivity index (χ2v) is 9.82. The van der Waals surface area contributed by atoms with Crippen LogP contribution < -0.4 is 10.6 Å². The number of sulfonamides is 1. The fourth-order valence-electron chi connectivity index (χ4n) is 2.91. The summed E-state index contributed by atoms with van der Waals surface area (Å²) < 4.78 is 32.2. The summed E-state index contributed by atoms with van der Waals surface area (Å²) in [5.74, 6) is -0.558. The molecular formula is C20H31N3O5S. The van der Waals surface area contributed by atoms with Crippen LogP contribution in [0.3, 0.4) is 0 Å². The van der Waals surface area contributed by atoms with Gasteiger partial charge in [0.25, 0.3) is 5.91 Å². The molecule has 8 nitrogen and oxygen atoms in total. The monoisotopic (exact) mass is 425 g/mol. The highest BCUT2D eigenvalue weighted by molar-refractivity contribution is 7.89. The van der Waals surface area contributed by atoms with E-state index >= 15 is 0 Å². The van der Waals surface area contributed by atoms with Crippen LogP contribution >= 0.6 is 0 Å². The van der Waals surface area contributed by atoms with Gasteiger partial charge in [-0.3, -0.25) is 9.59 Å². The van der Waals surface area contributed by atoms with Crippen molar-refractivity contribution in [1.29, 1.82) is 0 Å². The fraction of sp³-hybridized carbons (Fsp3) is 0.600. The van der Waals surface area contributed by atoms with Crippen molar-refractivity contribution < 1.29 is 22.7 Å². The number of hydrogen-bond donors (Lipinski definition) is 2. The Morgan fingerprint density at radius 1 is 1.14 bits per heavy atom. The van der Waals surface area contributed by atoms with Crippen molar-refractivity contribution in [3.05, 3.63) is 29.8 Å². The summed E-state index contributed by atoms with van der Waals surface area (Å²) in [5, 5.41) is 5.57. The number of benzene rings is 1. The van der Waals surface area contributed by atoms with Crippen LogP contribution in [0.4, 0.5) is 0 Å². The van der Waals surface area contributed by atoms with Crippen LogP contribution in [0.2, 0.25) is 0 Å². The second kappa shape index (κ2) is 10.2. The Labute approximate surface area is 173 Å². The van der Waals surface area contributed by atoms with E-state index in [0.29, 0.717) is 25.7 Å². The van der Waals surface area contributed by atoms with E-state index in [1.54, 1.807) is 0 Å². The molecule has 1 aliphatic rings. The number of rotatable bonds is 8. The zero-order valence-electron chi connectivity index (χ0n) is 17.5. The topological polar surface area (TPSA) is 105 Å². The minimum atomic E-state index is -3.70. The Bertz CT molecular complexity index is 817. The summed E-state index contributed by atoms with van der Waals surface area (Å²) in [6.45, 7) is 9.45. The van der Waals surface area contributed by atoms with Crippen LogP contribution in [0.1, 0.15) is 38.1 Å². The Kier molecular flexibility index (Phi) is 8.18. The zero-order chi connectivity index (χ0) is 21.6. The molecule has 1 heterocycles. The Hall–Kier alpha value is -1.97. The van der Waals surface area contributed by atoms with E-state index in [1.165, 1.54) is 28.6 Å². The number of hydrogen-bond acceptors (Lipinski definition) is 5. The highest BCUT2D eigenvalue weighted by atomic mass is 32.2. The van der Waals surface area contributed by atoms with E-state index in [2.05, 4.69) is 10.6 Å². The molecule has 0 unspecified atom stereocenters. The van der Waals surface area contributed by atoms with E-state index in [9.17, 15) is 18.0 Å². The number of nitrogens with zero attached hydrogens (tertiary/aromatic N) is 1. The SMILES string of the molecule is CC(C)CNC(=O)[C@@H](NC(=O)c1cccc(S(=O)(=O)N2CCOCC2)c1)C(C)C. The third-order valence-electron chi connectivity index (χ3n) is 4.62. The summed E-state index contributed by atoms with van der Waals surface area (Å²) in [6, 6.07) is 5.18. The molecule has 1 fully saturated rings. The molecule has 9 heteroatoms. The van der Waals surface area contributed by atoms with Gasteiger partial charge in [-0.2, -0.15) is 4.31 Å². The molecule has 0 saturated carbocycles. The van der Waals surface area contributed by atoms with Crippen LogP contribution in [0.15, 0.2) is 29.2 Å². The van der Waals surface area contributed by atoms with Crippen molar-refractivity contribution in [2.45, 2.75) is 38.6 Å². The molecule has 1 aliphatic heterocycles. The van der Waals surface area contributed by atoms with Gasteiger partial charge in [-0.1, -0.05) is 33.8 Å². The average molecular weight is 426 g/mol. The predicted octanol–water partition coefficient (Wildman–Crippen LogP) is 1.23. The molecule has 2 rings (SSSR count). The molecule has 162 valence electrons. The number of amides is 2. The molecule has 1 aromatic rings. The molecule has 2 N–H and O–H groups in total. The molecule has 1 atom stereocenters. The van der Waals surface area contributed by atoms with Gasteiger partial charge in [-0.25, -0.2) is 8.42 Å². The van der Waals surface area contributed by atoms with E-state index in [1.807, 2.05) is 27.7 Å². The Morgan fingerprint density at radius 2 is 1.79 bits per heavy atom. The molecule has 1 saturated heterocycles.